The molecule has 0 bridgehead atoms. The summed E-state index contributed by atoms with van der Waals surface area (Å²) in [6.07, 6.45) is 2.38. The van der Waals surface area contributed by atoms with Gasteiger partial charge in [-0.25, -0.2) is 0 Å². The summed E-state index contributed by atoms with van der Waals surface area (Å²) in [7, 11) is 0. The van der Waals surface area contributed by atoms with Crippen LogP contribution in [0.2, 0.25) is 0 Å². The molecule has 2 rings (SSSR count). The molecule has 100 valence electrons. The SMILES string of the molecule is NCCN(Cc1ccccc1)CC1CCOCC1. The molecular weight excluding hydrogens is 224 g/mol. The van der Waals surface area contributed by atoms with Crippen LogP contribution in [-0.4, -0.2) is 37.7 Å². The van der Waals surface area contributed by atoms with Gasteiger partial charge in [0.05, 0.1) is 0 Å². The minimum Gasteiger partial charge on any atom is -0.381 e. The summed E-state index contributed by atoms with van der Waals surface area (Å²) < 4.78 is 5.42. The molecule has 0 atom stereocenters. The maximum atomic E-state index is 5.72. The maximum Gasteiger partial charge on any atom is 0.0469 e. The zero-order valence-electron chi connectivity index (χ0n) is 11.1. The lowest BCUT2D eigenvalue weighted by Crippen LogP contribution is -2.35. The summed E-state index contributed by atoms with van der Waals surface area (Å²) in [5.41, 5.74) is 7.09. The molecule has 3 heteroatoms. The molecule has 1 saturated heterocycles. The molecule has 1 heterocycles. The third-order valence-electron chi connectivity index (χ3n) is 3.55. The number of benzene rings is 1. The fourth-order valence-corrected chi connectivity index (χ4v) is 2.55. The summed E-state index contributed by atoms with van der Waals surface area (Å²) in [4.78, 5) is 2.48. The van der Waals surface area contributed by atoms with Crippen LogP contribution in [0, 0.1) is 5.92 Å². The molecule has 0 saturated carbocycles. The monoisotopic (exact) mass is 248 g/mol. The molecule has 18 heavy (non-hydrogen) atoms. The molecule has 0 aromatic heterocycles. The molecule has 1 aromatic carbocycles. The zero-order valence-corrected chi connectivity index (χ0v) is 11.1. The Kier molecular flexibility index (Phi) is 5.65. The van der Waals surface area contributed by atoms with Crippen LogP contribution >= 0.6 is 0 Å². The molecule has 0 amide bonds. The Bertz CT molecular complexity index is 323. The van der Waals surface area contributed by atoms with Crippen molar-refractivity contribution in [2.24, 2.45) is 11.7 Å². The van der Waals surface area contributed by atoms with Gasteiger partial charge in [-0.1, -0.05) is 30.3 Å². The van der Waals surface area contributed by atoms with Gasteiger partial charge >= 0.3 is 0 Å². The summed E-state index contributed by atoms with van der Waals surface area (Å²) in [5.74, 6) is 0.772. The van der Waals surface area contributed by atoms with Gasteiger partial charge in [-0.05, 0) is 24.3 Å². The Morgan fingerprint density at radius 2 is 1.89 bits per heavy atom. The van der Waals surface area contributed by atoms with E-state index in [1.165, 1.54) is 18.4 Å². The molecule has 0 spiro atoms. The van der Waals surface area contributed by atoms with Crippen LogP contribution in [0.1, 0.15) is 18.4 Å². The van der Waals surface area contributed by atoms with Gasteiger partial charge in [0, 0.05) is 39.4 Å². The molecule has 3 nitrogen and oxygen atoms in total. The maximum absolute atomic E-state index is 5.72. The molecular formula is C15H24N2O. The first-order valence-electron chi connectivity index (χ1n) is 6.92. The number of rotatable bonds is 6. The van der Waals surface area contributed by atoms with E-state index >= 15 is 0 Å². The van der Waals surface area contributed by atoms with Crippen molar-refractivity contribution in [2.75, 3.05) is 32.8 Å². The van der Waals surface area contributed by atoms with Crippen molar-refractivity contribution < 1.29 is 4.74 Å². The number of ether oxygens (including phenoxy) is 1. The van der Waals surface area contributed by atoms with E-state index in [2.05, 4.69) is 35.2 Å². The highest BCUT2D eigenvalue weighted by Gasteiger charge is 2.17. The van der Waals surface area contributed by atoms with Gasteiger partial charge in [0.25, 0.3) is 0 Å². The van der Waals surface area contributed by atoms with Crippen LogP contribution in [-0.2, 0) is 11.3 Å². The van der Waals surface area contributed by atoms with E-state index in [-0.39, 0.29) is 0 Å². The minimum absolute atomic E-state index is 0.732. The second-order valence-electron chi connectivity index (χ2n) is 5.07. The standard InChI is InChI=1S/C15H24N2O/c16-8-9-17(12-14-4-2-1-3-5-14)13-15-6-10-18-11-7-15/h1-5,15H,6-13,16H2. The Labute approximate surface area is 110 Å². The first-order chi connectivity index (χ1) is 8.88. The highest BCUT2D eigenvalue weighted by molar-refractivity contribution is 5.14. The van der Waals surface area contributed by atoms with E-state index in [4.69, 9.17) is 10.5 Å². The van der Waals surface area contributed by atoms with Crippen molar-refractivity contribution in [1.29, 1.82) is 0 Å². The van der Waals surface area contributed by atoms with E-state index in [9.17, 15) is 0 Å². The van der Waals surface area contributed by atoms with Crippen molar-refractivity contribution in [1.82, 2.24) is 4.90 Å². The average Bonchev–Trinajstić information content (AvgIpc) is 2.41. The van der Waals surface area contributed by atoms with Crippen LogP contribution in [0.4, 0.5) is 0 Å². The number of hydrogen-bond acceptors (Lipinski definition) is 3. The molecule has 1 aliphatic rings. The van der Waals surface area contributed by atoms with E-state index in [0.29, 0.717) is 0 Å². The third kappa shape index (κ3) is 4.41. The largest absolute Gasteiger partial charge is 0.381 e. The number of nitrogens with two attached hydrogens (primary N) is 1. The minimum atomic E-state index is 0.732. The topological polar surface area (TPSA) is 38.5 Å². The second-order valence-corrected chi connectivity index (χ2v) is 5.07. The smallest absolute Gasteiger partial charge is 0.0469 e. The Hall–Kier alpha value is -0.900. The lowest BCUT2D eigenvalue weighted by atomic mass is 9.99. The first-order valence-corrected chi connectivity index (χ1v) is 6.92. The van der Waals surface area contributed by atoms with Crippen LogP contribution in [0.25, 0.3) is 0 Å². The predicted octanol–water partition coefficient (Wildman–Crippen LogP) is 1.87. The fraction of sp³-hybridized carbons (Fsp3) is 0.600. The molecule has 0 aliphatic carbocycles. The van der Waals surface area contributed by atoms with Gasteiger partial charge in [-0.2, -0.15) is 0 Å². The Balaban J connectivity index is 1.86. The fourth-order valence-electron chi connectivity index (χ4n) is 2.55. The van der Waals surface area contributed by atoms with E-state index in [1.54, 1.807) is 0 Å². The molecule has 1 aliphatic heterocycles. The van der Waals surface area contributed by atoms with Gasteiger partial charge in [0.2, 0.25) is 0 Å². The van der Waals surface area contributed by atoms with Crippen molar-refractivity contribution >= 4 is 0 Å². The van der Waals surface area contributed by atoms with E-state index in [0.717, 1.165) is 45.3 Å². The molecule has 1 aromatic rings. The molecule has 0 unspecified atom stereocenters. The summed E-state index contributed by atoms with van der Waals surface area (Å²) in [6, 6.07) is 10.6. The van der Waals surface area contributed by atoms with E-state index < -0.39 is 0 Å². The highest BCUT2D eigenvalue weighted by atomic mass is 16.5. The predicted molar refractivity (Wildman–Crippen MR) is 74.3 cm³/mol. The van der Waals surface area contributed by atoms with Crippen molar-refractivity contribution in [3.63, 3.8) is 0 Å². The van der Waals surface area contributed by atoms with Crippen LogP contribution in [0.5, 0.6) is 0 Å². The summed E-state index contributed by atoms with van der Waals surface area (Å²) >= 11 is 0. The average molecular weight is 248 g/mol. The summed E-state index contributed by atoms with van der Waals surface area (Å²) in [6.45, 7) is 5.71. The third-order valence-corrected chi connectivity index (χ3v) is 3.55. The van der Waals surface area contributed by atoms with Crippen LogP contribution < -0.4 is 5.73 Å². The quantitative estimate of drug-likeness (QED) is 0.835. The number of nitrogens with zero attached hydrogens (tertiary/aromatic N) is 1. The first kappa shape index (κ1) is 13.5. The van der Waals surface area contributed by atoms with Gasteiger partial charge in [-0.3, -0.25) is 4.90 Å². The van der Waals surface area contributed by atoms with Gasteiger partial charge < -0.3 is 10.5 Å². The van der Waals surface area contributed by atoms with Crippen LogP contribution in [0.3, 0.4) is 0 Å². The van der Waals surface area contributed by atoms with Gasteiger partial charge in [-0.15, -0.1) is 0 Å². The zero-order chi connectivity index (χ0) is 12.6. The van der Waals surface area contributed by atoms with Gasteiger partial charge in [0.15, 0.2) is 0 Å². The van der Waals surface area contributed by atoms with Crippen LogP contribution in [0.15, 0.2) is 30.3 Å². The lowest BCUT2D eigenvalue weighted by Gasteiger charge is -2.29. The van der Waals surface area contributed by atoms with Crippen molar-refractivity contribution in [3.8, 4) is 0 Å². The van der Waals surface area contributed by atoms with Gasteiger partial charge in [0.1, 0.15) is 0 Å². The molecule has 0 radical (unpaired) electrons. The van der Waals surface area contributed by atoms with Crippen molar-refractivity contribution in [3.05, 3.63) is 35.9 Å². The normalized spacial score (nSPS) is 17.2. The van der Waals surface area contributed by atoms with E-state index in [1.807, 2.05) is 0 Å². The Morgan fingerprint density at radius 1 is 1.17 bits per heavy atom. The summed E-state index contributed by atoms with van der Waals surface area (Å²) in [5, 5.41) is 0. The number of hydrogen-bond donors (Lipinski definition) is 1. The molecule has 2 N–H and O–H groups in total. The second kappa shape index (κ2) is 7.52. The highest BCUT2D eigenvalue weighted by Crippen LogP contribution is 2.17. The molecule has 1 fully saturated rings. The van der Waals surface area contributed by atoms with Crippen molar-refractivity contribution in [2.45, 2.75) is 19.4 Å². The Morgan fingerprint density at radius 3 is 2.56 bits per heavy atom. The lowest BCUT2D eigenvalue weighted by molar-refractivity contribution is 0.0518.